The highest BCUT2D eigenvalue weighted by Gasteiger charge is 2.21. The Morgan fingerprint density at radius 2 is 1.97 bits per heavy atom. The summed E-state index contributed by atoms with van der Waals surface area (Å²) in [5.41, 5.74) is 2.60. The van der Waals surface area contributed by atoms with Gasteiger partial charge in [0.15, 0.2) is 5.13 Å². The van der Waals surface area contributed by atoms with E-state index in [0.717, 1.165) is 44.3 Å². The molecule has 0 saturated carbocycles. The molecule has 0 aliphatic rings. The molecule has 0 N–H and O–H groups in total. The average molecular weight is 498 g/mol. The Morgan fingerprint density at radius 1 is 1.15 bits per heavy atom. The lowest BCUT2D eigenvalue weighted by atomic mass is 10.2. The highest BCUT2D eigenvalue weighted by Crippen LogP contribution is 2.34. The molecule has 0 saturated heterocycles. The minimum absolute atomic E-state index is 0.0405. The van der Waals surface area contributed by atoms with Crippen molar-refractivity contribution in [3.05, 3.63) is 77.1 Å². The molecule has 0 bridgehead atoms. The number of carbonyl (C=O) groups excluding carboxylic acids is 1. The van der Waals surface area contributed by atoms with Crippen molar-refractivity contribution in [3.63, 3.8) is 0 Å². The summed E-state index contributed by atoms with van der Waals surface area (Å²) in [6.45, 7) is 2.34. The Hall–Kier alpha value is -2.61. The van der Waals surface area contributed by atoms with Crippen molar-refractivity contribution in [1.29, 1.82) is 0 Å². The van der Waals surface area contributed by atoms with Crippen LogP contribution < -0.4 is 9.64 Å². The Morgan fingerprint density at radius 3 is 2.70 bits per heavy atom. The van der Waals surface area contributed by atoms with Gasteiger partial charge in [-0.05, 0) is 73.2 Å². The third-order valence-electron chi connectivity index (χ3n) is 5.18. The van der Waals surface area contributed by atoms with Crippen LogP contribution in [0.4, 0.5) is 5.13 Å². The lowest BCUT2D eigenvalue weighted by Crippen LogP contribution is -2.30. The van der Waals surface area contributed by atoms with Crippen LogP contribution in [-0.4, -0.2) is 28.7 Å². The third-order valence-corrected chi connectivity index (χ3v) is 7.73. The van der Waals surface area contributed by atoms with Crippen LogP contribution in [0.25, 0.3) is 10.2 Å². The summed E-state index contributed by atoms with van der Waals surface area (Å²) < 4.78 is 6.22. The number of aromatic nitrogens is 2. The second-order valence-electron chi connectivity index (χ2n) is 7.44. The summed E-state index contributed by atoms with van der Waals surface area (Å²) in [5, 5.41) is 1.35. The summed E-state index contributed by atoms with van der Waals surface area (Å²) >= 11 is 9.53. The van der Waals surface area contributed by atoms with Gasteiger partial charge in [-0.25, -0.2) is 4.98 Å². The largest absolute Gasteiger partial charge is 0.497 e. The quantitative estimate of drug-likeness (QED) is 0.189. The monoisotopic (exact) mass is 497 g/mol. The molecular formula is C25H24ClN3O2S2. The molecule has 0 aliphatic carbocycles. The van der Waals surface area contributed by atoms with E-state index in [2.05, 4.69) is 4.98 Å². The highest BCUT2D eigenvalue weighted by molar-refractivity contribution is 7.99. The van der Waals surface area contributed by atoms with E-state index in [0.29, 0.717) is 23.1 Å². The number of thioether (sulfide) groups is 1. The molecule has 2 aromatic carbocycles. The maximum Gasteiger partial charge on any atom is 0.229 e. The first-order chi connectivity index (χ1) is 16.0. The molecule has 4 rings (SSSR count). The van der Waals surface area contributed by atoms with E-state index >= 15 is 0 Å². The van der Waals surface area contributed by atoms with Crippen molar-refractivity contribution in [2.45, 2.75) is 31.2 Å². The van der Waals surface area contributed by atoms with Gasteiger partial charge in [-0.3, -0.25) is 14.7 Å². The number of methoxy groups -OCH3 is 1. The number of benzene rings is 2. The molecule has 0 unspecified atom stereocenters. The van der Waals surface area contributed by atoms with Gasteiger partial charge in [0.2, 0.25) is 5.91 Å². The summed E-state index contributed by atoms with van der Waals surface area (Å²) in [6.07, 6.45) is 2.95. The topological polar surface area (TPSA) is 55.3 Å². The Bertz CT molecular complexity index is 1230. The first-order valence-electron chi connectivity index (χ1n) is 10.6. The number of carbonyl (C=O) groups is 1. The van der Waals surface area contributed by atoms with Crippen molar-refractivity contribution in [1.82, 2.24) is 9.97 Å². The van der Waals surface area contributed by atoms with Gasteiger partial charge in [-0.2, -0.15) is 0 Å². The molecule has 2 aromatic heterocycles. The number of fused-ring (bicyclic) bond motifs is 1. The minimum atomic E-state index is 0.0405. The van der Waals surface area contributed by atoms with E-state index in [9.17, 15) is 4.79 Å². The number of halogens is 1. The van der Waals surface area contributed by atoms with Crippen molar-refractivity contribution >= 4 is 56.0 Å². The number of pyridine rings is 1. The second-order valence-corrected chi connectivity index (χ2v) is 10.0. The number of rotatable bonds is 9. The molecule has 5 nitrogen and oxygen atoms in total. The Kier molecular flexibility index (Phi) is 7.85. The van der Waals surface area contributed by atoms with Gasteiger partial charge in [-0.15, -0.1) is 11.8 Å². The van der Waals surface area contributed by atoms with Crippen LogP contribution >= 0.6 is 34.7 Å². The molecule has 170 valence electrons. The van der Waals surface area contributed by atoms with Crippen LogP contribution in [0.5, 0.6) is 5.75 Å². The average Bonchev–Trinajstić information content (AvgIpc) is 3.28. The van der Waals surface area contributed by atoms with Gasteiger partial charge in [0.05, 0.1) is 29.6 Å². The summed E-state index contributed by atoms with van der Waals surface area (Å²) in [7, 11) is 1.66. The van der Waals surface area contributed by atoms with Gasteiger partial charge >= 0.3 is 0 Å². The molecule has 2 heterocycles. The van der Waals surface area contributed by atoms with Crippen molar-refractivity contribution in [2.24, 2.45) is 0 Å². The number of hydrogen-bond acceptors (Lipinski definition) is 6. The Balaban J connectivity index is 1.47. The zero-order chi connectivity index (χ0) is 23.2. The SMILES string of the molecule is COc1ccc(SCCCC(=O)N(Cc2ccccn2)c2nc3c(C)c(Cl)ccc3s2)cc1. The fraction of sp³-hybridized carbons (Fsp3) is 0.240. The first-order valence-corrected chi connectivity index (χ1v) is 12.8. The van der Waals surface area contributed by atoms with E-state index in [1.54, 1.807) is 30.0 Å². The van der Waals surface area contributed by atoms with Crippen LogP contribution in [0.15, 0.2) is 65.7 Å². The van der Waals surface area contributed by atoms with Crippen molar-refractivity contribution < 1.29 is 9.53 Å². The van der Waals surface area contributed by atoms with Crippen molar-refractivity contribution in [3.8, 4) is 5.75 Å². The number of ether oxygens (including phenoxy) is 1. The van der Waals surface area contributed by atoms with E-state index in [4.69, 9.17) is 21.3 Å². The molecule has 33 heavy (non-hydrogen) atoms. The summed E-state index contributed by atoms with van der Waals surface area (Å²) in [6, 6.07) is 17.5. The number of thiazole rings is 1. The number of amides is 1. The normalized spacial score (nSPS) is 11.0. The lowest BCUT2D eigenvalue weighted by Gasteiger charge is -2.19. The lowest BCUT2D eigenvalue weighted by molar-refractivity contribution is -0.118. The molecule has 0 atom stereocenters. The van der Waals surface area contributed by atoms with E-state index < -0.39 is 0 Å². The smallest absolute Gasteiger partial charge is 0.229 e. The predicted octanol–water partition coefficient (Wildman–Crippen LogP) is 6.77. The molecule has 0 fully saturated rings. The van der Waals surface area contributed by atoms with Crippen LogP contribution in [0, 0.1) is 6.92 Å². The van der Waals surface area contributed by atoms with Crippen molar-refractivity contribution in [2.75, 3.05) is 17.8 Å². The molecule has 8 heteroatoms. The van der Waals surface area contributed by atoms with Crippen LogP contribution in [-0.2, 0) is 11.3 Å². The number of anilines is 1. The summed E-state index contributed by atoms with van der Waals surface area (Å²) in [4.78, 5) is 25.4. The minimum Gasteiger partial charge on any atom is -0.497 e. The molecular weight excluding hydrogens is 474 g/mol. The van der Waals surface area contributed by atoms with Crippen LogP contribution in [0.1, 0.15) is 24.1 Å². The second kappa shape index (κ2) is 11.0. The van der Waals surface area contributed by atoms with E-state index in [1.165, 1.54) is 11.3 Å². The number of nitrogens with zero attached hydrogens (tertiary/aromatic N) is 3. The maximum atomic E-state index is 13.3. The molecule has 0 radical (unpaired) electrons. The maximum absolute atomic E-state index is 13.3. The number of hydrogen-bond donors (Lipinski definition) is 0. The third kappa shape index (κ3) is 5.85. The molecule has 1 amide bonds. The molecule has 0 aliphatic heterocycles. The number of aryl methyl sites for hydroxylation is 1. The van der Waals surface area contributed by atoms with Gasteiger partial charge in [0.1, 0.15) is 5.75 Å². The summed E-state index contributed by atoms with van der Waals surface area (Å²) in [5.74, 6) is 1.73. The van der Waals surface area contributed by atoms with E-state index in [1.807, 2.05) is 61.5 Å². The predicted molar refractivity (Wildman–Crippen MR) is 138 cm³/mol. The fourth-order valence-electron chi connectivity index (χ4n) is 3.34. The zero-order valence-corrected chi connectivity index (χ0v) is 20.8. The van der Waals surface area contributed by atoms with Crippen LogP contribution in [0.3, 0.4) is 0 Å². The Labute approximate surface area is 206 Å². The van der Waals surface area contributed by atoms with Gasteiger partial charge in [-0.1, -0.05) is 29.0 Å². The molecule has 0 spiro atoms. The zero-order valence-electron chi connectivity index (χ0n) is 18.5. The highest BCUT2D eigenvalue weighted by atomic mass is 35.5. The fourth-order valence-corrected chi connectivity index (χ4v) is 5.39. The van der Waals surface area contributed by atoms with Gasteiger partial charge in [0, 0.05) is 22.5 Å². The van der Waals surface area contributed by atoms with Crippen LogP contribution in [0.2, 0.25) is 5.02 Å². The first kappa shape index (κ1) is 23.5. The van der Waals surface area contributed by atoms with Gasteiger partial charge in [0.25, 0.3) is 0 Å². The molecule has 4 aromatic rings. The van der Waals surface area contributed by atoms with Gasteiger partial charge < -0.3 is 4.74 Å². The van der Waals surface area contributed by atoms with E-state index in [-0.39, 0.29) is 5.91 Å². The standard InChI is InChI=1S/C25H24ClN3O2S2/c1-17-21(26)12-13-22-24(17)28-25(33-22)29(16-18-6-3-4-14-27-18)23(30)7-5-15-32-20-10-8-19(31-2)9-11-20/h3-4,6,8-14H,5,7,15-16H2,1-2H3.